The molecule has 0 saturated heterocycles. The van der Waals surface area contributed by atoms with E-state index in [0.717, 1.165) is 21.7 Å². The molecule has 0 heterocycles. The van der Waals surface area contributed by atoms with E-state index in [1.165, 1.54) is 11.1 Å². The van der Waals surface area contributed by atoms with Gasteiger partial charge in [0.25, 0.3) is 0 Å². The summed E-state index contributed by atoms with van der Waals surface area (Å²) >= 11 is 0. The smallest absolute Gasteiger partial charge is 0.0574 e. The number of hydrogen-bond acceptors (Lipinski definition) is 2. The molecule has 0 aliphatic heterocycles. The van der Waals surface area contributed by atoms with E-state index >= 15 is 0 Å². The number of nitrogens with two attached hydrogens (primary N) is 1. The summed E-state index contributed by atoms with van der Waals surface area (Å²) in [5, 5.41) is 0. The zero-order chi connectivity index (χ0) is 14.0. The molecule has 0 aliphatic carbocycles. The first-order valence-corrected chi connectivity index (χ1v) is 7.60. The van der Waals surface area contributed by atoms with Gasteiger partial charge < -0.3 is 5.73 Å². The largest absolute Gasteiger partial charge is 0.399 e. The number of rotatable bonds is 3. The van der Waals surface area contributed by atoms with Crippen LogP contribution < -0.4 is 5.73 Å². The van der Waals surface area contributed by atoms with E-state index in [2.05, 4.69) is 26.0 Å². The highest BCUT2D eigenvalue weighted by molar-refractivity contribution is 7.84. The third-order valence-corrected chi connectivity index (χ3v) is 4.75. The second-order valence-corrected chi connectivity index (χ2v) is 6.38. The summed E-state index contributed by atoms with van der Waals surface area (Å²) < 4.78 is 12.3. The van der Waals surface area contributed by atoms with Crippen LogP contribution in [0.5, 0.6) is 0 Å². The highest BCUT2D eigenvalue weighted by Crippen LogP contribution is 2.19. The minimum Gasteiger partial charge on any atom is -0.399 e. The van der Waals surface area contributed by atoms with Gasteiger partial charge in [-0.2, -0.15) is 0 Å². The summed E-state index contributed by atoms with van der Waals surface area (Å²) in [5.74, 6) is 0.546. The average Bonchev–Trinajstić information content (AvgIpc) is 2.37. The van der Waals surface area contributed by atoms with Gasteiger partial charge in [-0.1, -0.05) is 18.2 Å². The minimum absolute atomic E-state index is 0.546. The molecule has 0 bridgehead atoms. The minimum atomic E-state index is -1.02. The summed E-state index contributed by atoms with van der Waals surface area (Å²) in [6, 6.07) is 11.8. The molecule has 0 aromatic heterocycles. The van der Waals surface area contributed by atoms with Crippen molar-refractivity contribution < 1.29 is 4.21 Å². The van der Waals surface area contributed by atoms with Crippen molar-refractivity contribution in [1.82, 2.24) is 0 Å². The normalized spacial score (nSPS) is 12.4. The van der Waals surface area contributed by atoms with Gasteiger partial charge in [-0.15, -0.1) is 0 Å². The molecule has 2 rings (SSSR count). The lowest BCUT2D eigenvalue weighted by atomic mass is 10.1. The molecule has 0 amide bonds. The van der Waals surface area contributed by atoms with Crippen LogP contribution in [0.15, 0.2) is 41.3 Å². The Hall–Kier alpha value is -1.61. The van der Waals surface area contributed by atoms with Gasteiger partial charge in [0.05, 0.1) is 16.6 Å². The monoisotopic (exact) mass is 273 g/mol. The topological polar surface area (TPSA) is 43.1 Å². The molecule has 2 nitrogen and oxygen atoms in total. The van der Waals surface area contributed by atoms with Gasteiger partial charge in [0.1, 0.15) is 0 Å². The van der Waals surface area contributed by atoms with Crippen molar-refractivity contribution in [3.05, 3.63) is 58.7 Å². The van der Waals surface area contributed by atoms with Gasteiger partial charge in [0.2, 0.25) is 0 Å². The summed E-state index contributed by atoms with van der Waals surface area (Å²) in [4.78, 5) is 0.838. The second kappa shape index (κ2) is 5.57. The molecular formula is C16H19NOS. The summed E-state index contributed by atoms with van der Waals surface area (Å²) in [7, 11) is -1.02. The van der Waals surface area contributed by atoms with E-state index in [0.29, 0.717) is 5.75 Å². The Labute approximate surface area is 117 Å². The summed E-state index contributed by atoms with van der Waals surface area (Å²) in [6.45, 7) is 6.10. The average molecular weight is 273 g/mol. The van der Waals surface area contributed by atoms with Crippen molar-refractivity contribution >= 4 is 16.5 Å². The molecule has 0 saturated carbocycles. The molecule has 0 spiro atoms. The second-order valence-electron chi connectivity index (χ2n) is 4.93. The Morgan fingerprint density at radius 3 is 2.32 bits per heavy atom. The molecule has 2 aromatic carbocycles. The maximum atomic E-state index is 12.3. The molecule has 100 valence electrons. The number of hydrogen-bond donors (Lipinski definition) is 1. The highest BCUT2D eigenvalue weighted by atomic mass is 32.2. The molecule has 3 heteroatoms. The van der Waals surface area contributed by atoms with Gasteiger partial charge >= 0.3 is 0 Å². The van der Waals surface area contributed by atoms with Crippen molar-refractivity contribution in [2.45, 2.75) is 31.4 Å². The molecule has 2 aromatic rings. The van der Waals surface area contributed by atoms with E-state index in [1.807, 2.05) is 31.2 Å². The lowest BCUT2D eigenvalue weighted by Crippen LogP contribution is -1.99. The molecular weight excluding hydrogens is 254 g/mol. The first-order chi connectivity index (χ1) is 8.97. The lowest BCUT2D eigenvalue weighted by molar-refractivity contribution is 0.682. The van der Waals surface area contributed by atoms with Crippen LogP contribution >= 0.6 is 0 Å². The van der Waals surface area contributed by atoms with Gasteiger partial charge in [0, 0.05) is 10.6 Å². The maximum Gasteiger partial charge on any atom is 0.0574 e. The Kier molecular flexibility index (Phi) is 4.05. The number of benzene rings is 2. The Morgan fingerprint density at radius 2 is 1.68 bits per heavy atom. The van der Waals surface area contributed by atoms with E-state index in [4.69, 9.17) is 5.73 Å². The van der Waals surface area contributed by atoms with Gasteiger partial charge in [0.15, 0.2) is 0 Å². The predicted molar refractivity (Wildman–Crippen MR) is 81.6 cm³/mol. The van der Waals surface area contributed by atoms with Crippen LogP contribution in [0, 0.1) is 20.8 Å². The van der Waals surface area contributed by atoms with Gasteiger partial charge in [-0.3, -0.25) is 4.21 Å². The quantitative estimate of drug-likeness (QED) is 0.870. The fraction of sp³-hybridized carbons (Fsp3) is 0.250. The third kappa shape index (κ3) is 3.24. The SMILES string of the molecule is Cc1ccc(CS(=O)c2ccc(N)c(C)c2)cc1C. The van der Waals surface area contributed by atoms with Crippen molar-refractivity contribution in [3.8, 4) is 0 Å². The molecule has 2 N–H and O–H groups in total. The van der Waals surface area contributed by atoms with E-state index < -0.39 is 10.8 Å². The summed E-state index contributed by atoms with van der Waals surface area (Å²) in [5.41, 5.74) is 11.1. The maximum absolute atomic E-state index is 12.3. The van der Waals surface area contributed by atoms with Crippen LogP contribution in [0.2, 0.25) is 0 Å². The lowest BCUT2D eigenvalue weighted by Gasteiger charge is -2.07. The van der Waals surface area contributed by atoms with E-state index in [1.54, 1.807) is 0 Å². The van der Waals surface area contributed by atoms with Crippen molar-refractivity contribution in [2.75, 3.05) is 5.73 Å². The van der Waals surface area contributed by atoms with Crippen LogP contribution in [0.25, 0.3) is 0 Å². The Bertz CT molecular complexity index is 635. The van der Waals surface area contributed by atoms with Crippen LogP contribution in [0.4, 0.5) is 5.69 Å². The van der Waals surface area contributed by atoms with Gasteiger partial charge in [-0.05, 0) is 61.2 Å². The van der Waals surface area contributed by atoms with Gasteiger partial charge in [-0.25, -0.2) is 0 Å². The van der Waals surface area contributed by atoms with Crippen molar-refractivity contribution in [1.29, 1.82) is 0 Å². The van der Waals surface area contributed by atoms with Crippen LogP contribution in [-0.2, 0) is 16.6 Å². The van der Waals surface area contributed by atoms with Crippen LogP contribution in [0.3, 0.4) is 0 Å². The van der Waals surface area contributed by atoms with E-state index in [9.17, 15) is 4.21 Å². The standard InChI is InChI=1S/C16H19NOS/c1-11-4-5-14(8-12(11)2)10-19(18)15-6-7-16(17)13(3)9-15/h4-9H,10,17H2,1-3H3. The molecule has 1 unspecified atom stereocenters. The first-order valence-electron chi connectivity index (χ1n) is 6.28. The fourth-order valence-corrected chi connectivity index (χ4v) is 3.09. The van der Waals surface area contributed by atoms with Crippen molar-refractivity contribution in [3.63, 3.8) is 0 Å². The molecule has 0 fully saturated rings. The van der Waals surface area contributed by atoms with Crippen molar-refractivity contribution in [2.24, 2.45) is 0 Å². The first kappa shape index (κ1) is 13.8. The molecule has 0 radical (unpaired) electrons. The third-order valence-electron chi connectivity index (χ3n) is 3.37. The molecule has 0 aliphatic rings. The van der Waals surface area contributed by atoms with E-state index in [-0.39, 0.29) is 0 Å². The number of aryl methyl sites for hydroxylation is 3. The van der Waals surface area contributed by atoms with Crippen LogP contribution in [0.1, 0.15) is 22.3 Å². The van der Waals surface area contributed by atoms with Crippen LogP contribution in [-0.4, -0.2) is 4.21 Å². The highest BCUT2D eigenvalue weighted by Gasteiger charge is 2.07. The number of anilines is 1. The zero-order valence-corrected chi connectivity index (χ0v) is 12.4. The molecule has 1 atom stereocenters. The predicted octanol–water partition coefficient (Wildman–Crippen LogP) is 3.50. The number of nitrogen functional groups attached to an aromatic ring is 1. The molecule has 19 heavy (non-hydrogen) atoms. The zero-order valence-electron chi connectivity index (χ0n) is 11.6. The summed E-state index contributed by atoms with van der Waals surface area (Å²) in [6.07, 6.45) is 0. The fourth-order valence-electron chi connectivity index (χ4n) is 1.92. The Morgan fingerprint density at radius 1 is 0.947 bits per heavy atom. The Balaban J connectivity index is 2.20.